The molecule has 26 heavy (non-hydrogen) atoms. The third-order valence-electron chi connectivity index (χ3n) is 3.85. The van der Waals surface area contributed by atoms with E-state index in [-0.39, 0.29) is 12.0 Å². The largest absolute Gasteiger partial charge is 0.490 e. The quantitative estimate of drug-likeness (QED) is 0.694. The first-order valence-corrected chi connectivity index (χ1v) is 8.49. The van der Waals surface area contributed by atoms with Gasteiger partial charge in [-0.15, -0.1) is 10.2 Å². The van der Waals surface area contributed by atoms with Gasteiger partial charge in [0, 0.05) is 12.6 Å². The van der Waals surface area contributed by atoms with Crippen molar-refractivity contribution < 1.29 is 9.53 Å². The molecule has 1 heterocycles. The Bertz CT molecular complexity index is 877. The first-order chi connectivity index (χ1) is 12.6. The number of anilines is 1. The van der Waals surface area contributed by atoms with Gasteiger partial charge < -0.3 is 4.74 Å². The SMILES string of the molecule is CC(C)Oc1ccccc1C(=O)N(C)c1ccc(-c2ccccc2)nn1. The van der Waals surface area contributed by atoms with Gasteiger partial charge >= 0.3 is 0 Å². The Morgan fingerprint density at radius 1 is 0.923 bits per heavy atom. The summed E-state index contributed by atoms with van der Waals surface area (Å²) in [6.07, 6.45) is -0.0146. The van der Waals surface area contributed by atoms with Gasteiger partial charge in [0.2, 0.25) is 0 Å². The molecule has 0 saturated carbocycles. The van der Waals surface area contributed by atoms with Crippen LogP contribution < -0.4 is 9.64 Å². The van der Waals surface area contributed by atoms with E-state index in [0.29, 0.717) is 17.1 Å². The van der Waals surface area contributed by atoms with Gasteiger partial charge in [-0.1, -0.05) is 42.5 Å². The van der Waals surface area contributed by atoms with E-state index in [9.17, 15) is 4.79 Å². The van der Waals surface area contributed by atoms with Crippen LogP contribution in [-0.4, -0.2) is 29.3 Å². The number of nitrogens with zero attached hydrogens (tertiary/aromatic N) is 3. The van der Waals surface area contributed by atoms with Gasteiger partial charge in [0.25, 0.3) is 5.91 Å². The van der Waals surface area contributed by atoms with E-state index in [1.807, 2.05) is 62.4 Å². The average Bonchev–Trinajstić information content (AvgIpc) is 2.68. The lowest BCUT2D eigenvalue weighted by atomic mass is 10.1. The lowest BCUT2D eigenvalue weighted by molar-refractivity contribution is 0.0986. The molecule has 5 heteroatoms. The Kier molecular flexibility index (Phi) is 5.27. The monoisotopic (exact) mass is 347 g/mol. The van der Waals surface area contributed by atoms with Gasteiger partial charge in [-0.25, -0.2) is 0 Å². The molecular formula is C21H21N3O2. The number of carbonyl (C=O) groups excluding carboxylic acids is 1. The molecule has 0 aliphatic rings. The molecule has 0 aliphatic heterocycles. The number of hydrogen-bond acceptors (Lipinski definition) is 4. The highest BCUT2D eigenvalue weighted by Gasteiger charge is 2.19. The van der Waals surface area contributed by atoms with E-state index in [4.69, 9.17) is 4.74 Å². The number of para-hydroxylation sites is 1. The number of amides is 1. The highest BCUT2D eigenvalue weighted by molar-refractivity contribution is 6.07. The molecule has 2 aromatic carbocycles. The van der Waals surface area contributed by atoms with Crippen LogP contribution in [0, 0.1) is 0 Å². The maximum Gasteiger partial charge on any atom is 0.262 e. The summed E-state index contributed by atoms with van der Waals surface area (Å²) in [7, 11) is 1.68. The molecule has 0 atom stereocenters. The summed E-state index contributed by atoms with van der Waals surface area (Å²) in [5.74, 6) is 0.852. The number of ether oxygens (including phenoxy) is 1. The van der Waals surface area contributed by atoms with Gasteiger partial charge in [-0.2, -0.15) is 0 Å². The molecule has 1 amide bonds. The molecule has 5 nitrogen and oxygen atoms in total. The predicted octanol–water partition coefficient (Wildman–Crippen LogP) is 4.21. The summed E-state index contributed by atoms with van der Waals surface area (Å²) in [4.78, 5) is 14.4. The Balaban J connectivity index is 1.83. The third-order valence-corrected chi connectivity index (χ3v) is 3.85. The van der Waals surface area contributed by atoms with Crippen LogP contribution in [0.5, 0.6) is 5.75 Å². The van der Waals surface area contributed by atoms with Crippen LogP contribution in [-0.2, 0) is 0 Å². The van der Waals surface area contributed by atoms with E-state index < -0.39 is 0 Å². The highest BCUT2D eigenvalue weighted by Crippen LogP contribution is 2.23. The molecule has 0 bridgehead atoms. The van der Waals surface area contributed by atoms with Crippen LogP contribution in [0.3, 0.4) is 0 Å². The zero-order chi connectivity index (χ0) is 18.5. The van der Waals surface area contributed by atoms with Crippen molar-refractivity contribution in [2.24, 2.45) is 0 Å². The zero-order valence-electron chi connectivity index (χ0n) is 15.1. The topological polar surface area (TPSA) is 55.3 Å². The second-order valence-corrected chi connectivity index (χ2v) is 6.17. The van der Waals surface area contributed by atoms with Crippen molar-refractivity contribution in [3.63, 3.8) is 0 Å². The van der Waals surface area contributed by atoms with Gasteiger partial charge in [-0.05, 0) is 38.1 Å². The number of carbonyl (C=O) groups is 1. The first-order valence-electron chi connectivity index (χ1n) is 8.49. The molecule has 0 aliphatic carbocycles. The summed E-state index contributed by atoms with van der Waals surface area (Å²) in [6, 6.07) is 20.7. The summed E-state index contributed by atoms with van der Waals surface area (Å²) < 4.78 is 5.75. The Hall–Kier alpha value is -3.21. The molecule has 0 saturated heterocycles. The molecule has 3 rings (SSSR count). The second-order valence-electron chi connectivity index (χ2n) is 6.17. The first kappa shape index (κ1) is 17.6. The average molecular weight is 347 g/mol. The Morgan fingerprint density at radius 2 is 1.62 bits per heavy atom. The number of rotatable bonds is 5. The Labute approximate surface area is 153 Å². The van der Waals surface area contributed by atoms with E-state index >= 15 is 0 Å². The van der Waals surface area contributed by atoms with E-state index in [1.165, 1.54) is 4.90 Å². The van der Waals surface area contributed by atoms with Crippen LogP contribution in [0.4, 0.5) is 5.82 Å². The van der Waals surface area contributed by atoms with Crippen molar-refractivity contribution in [2.45, 2.75) is 20.0 Å². The number of benzene rings is 2. The molecular weight excluding hydrogens is 326 g/mol. The van der Waals surface area contributed by atoms with Gasteiger partial charge in [0.15, 0.2) is 5.82 Å². The van der Waals surface area contributed by atoms with Crippen molar-refractivity contribution >= 4 is 11.7 Å². The fourth-order valence-electron chi connectivity index (χ4n) is 2.55. The standard InChI is InChI=1S/C21H21N3O2/c1-15(2)26-19-12-8-7-11-17(19)21(25)24(3)20-14-13-18(22-23-20)16-9-5-4-6-10-16/h4-15H,1-3H3. The van der Waals surface area contributed by atoms with Crippen LogP contribution in [0.2, 0.25) is 0 Å². The molecule has 0 N–H and O–H groups in total. The van der Waals surface area contributed by atoms with Crippen LogP contribution >= 0.6 is 0 Å². The van der Waals surface area contributed by atoms with Crippen molar-refractivity contribution in [2.75, 3.05) is 11.9 Å². The summed E-state index contributed by atoms with van der Waals surface area (Å²) in [6.45, 7) is 3.86. The van der Waals surface area contributed by atoms with Gasteiger partial charge in [0.05, 0.1) is 17.4 Å². The smallest absolute Gasteiger partial charge is 0.262 e. The summed E-state index contributed by atoms with van der Waals surface area (Å²) in [5, 5.41) is 8.45. The highest BCUT2D eigenvalue weighted by atomic mass is 16.5. The molecule has 0 radical (unpaired) electrons. The zero-order valence-corrected chi connectivity index (χ0v) is 15.1. The molecule has 3 aromatic rings. The fraction of sp³-hybridized carbons (Fsp3) is 0.190. The van der Waals surface area contributed by atoms with Gasteiger partial charge in [-0.3, -0.25) is 9.69 Å². The van der Waals surface area contributed by atoms with Crippen LogP contribution in [0.25, 0.3) is 11.3 Å². The number of hydrogen-bond donors (Lipinski definition) is 0. The lowest BCUT2D eigenvalue weighted by Gasteiger charge is -2.19. The minimum absolute atomic E-state index is 0.0146. The van der Waals surface area contributed by atoms with E-state index in [1.54, 1.807) is 25.2 Å². The third kappa shape index (κ3) is 3.88. The molecule has 0 fully saturated rings. The maximum atomic E-state index is 12.9. The molecule has 1 aromatic heterocycles. The van der Waals surface area contributed by atoms with Crippen molar-refractivity contribution in [3.05, 3.63) is 72.3 Å². The lowest BCUT2D eigenvalue weighted by Crippen LogP contribution is -2.28. The molecule has 0 spiro atoms. The second kappa shape index (κ2) is 7.78. The summed E-state index contributed by atoms with van der Waals surface area (Å²) >= 11 is 0. The maximum absolute atomic E-state index is 12.9. The number of aromatic nitrogens is 2. The van der Waals surface area contributed by atoms with E-state index in [2.05, 4.69) is 10.2 Å². The van der Waals surface area contributed by atoms with E-state index in [0.717, 1.165) is 11.3 Å². The minimum Gasteiger partial charge on any atom is -0.490 e. The molecule has 0 unspecified atom stereocenters. The Morgan fingerprint density at radius 3 is 2.27 bits per heavy atom. The molecule has 132 valence electrons. The van der Waals surface area contributed by atoms with Crippen LogP contribution in [0.15, 0.2) is 66.7 Å². The van der Waals surface area contributed by atoms with Crippen LogP contribution in [0.1, 0.15) is 24.2 Å². The normalized spacial score (nSPS) is 10.6. The van der Waals surface area contributed by atoms with Crippen molar-refractivity contribution in [1.29, 1.82) is 0 Å². The summed E-state index contributed by atoms with van der Waals surface area (Å²) in [5.41, 5.74) is 2.24. The predicted molar refractivity (Wildman–Crippen MR) is 102 cm³/mol. The minimum atomic E-state index is -0.192. The van der Waals surface area contributed by atoms with Crippen molar-refractivity contribution in [3.8, 4) is 17.0 Å². The van der Waals surface area contributed by atoms with Gasteiger partial charge in [0.1, 0.15) is 5.75 Å². The fourth-order valence-corrected chi connectivity index (χ4v) is 2.55. The van der Waals surface area contributed by atoms with Crippen molar-refractivity contribution in [1.82, 2.24) is 10.2 Å².